The summed E-state index contributed by atoms with van der Waals surface area (Å²) in [7, 11) is 0. The first-order chi connectivity index (χ1) is 5.33. The highest BCUT2D eigenvalue weighted by Gasteiger charge is 2.21. The molecule has 0 aliphatic heterocycles. The highest BCUT2D eigenvalue weighted by molar-refractivity contribution is 5.78. The molecule has 0 unspecified atom stereocenters. The van der Waals surface area contributed by atoms with Crippen LogP contribution in [0.3, 0.4) is 0 Å². The quantitative estimate of drug-likeness (QED) is 0.575. The number of unbranched alkanes of at least 4 members (excludes halogenated alkanes) is 1. The fraction of sp³-hybridized carbons (Fsp3) is 0.900. The maximum atomic E-state index is 11.1. The summed E-state index contributed by atoms with van der Waals surface area (Å²) in [4.78, 5) is 11.1. The van der Waals surface area contributed by atoms with Crippen molar-refractivity contribution >= 4 is 5.78 Å². The van der Waals surface area contributed by atoms with Gasteiger partial charge in [-0.3, -0.25) is 4.79 Å². The van der Waals surface area contributed by atoms with E-state index in [0.29, 0.717) is 5.78 Å². The van der Waals surface area contributed by atoms with Crippen LogP contribution in [-0.2, 0) is 4.79 Å². The van der Waals surface area contributed by atoms with E-state index in [1.54, 1.807) is 0 Å². The Kier molecular flexibility index (Phi) is 3.61. The predicted molar refractivity (Wildman–Crippen MR) is 46.5 cm³/mol. The van der Waals surface area contributed by atoms with Gasteiger partial charge in [-0.1, -0.05) is 26.2 Å². The molecular weight excluding hydrogens is 136 g/mol. The van der Waals surface area contributed by atoms with E-state index in [2.05, 4.69) is 6.92 Å². The number of rotatable bonds is 6. The van der Waals surface area contributed by atoms with Crippen LogP contribution in [0.15, 0.2) is 0 Å². The van der Waals surface area contributed by atoms with E-state index >= 15 is 0 Å². The Morgan fingerprint density at radius 1 is 1.36 bits per heavy atom. The van der Waals surface area contributed by atoms with Crippen LogP contribution in [0.25, 0.3) is 0 Å². The van der Waals surface area contributed by atoms with Crippen molar-refractivity contribution in [3.05, 3.63) is 0 Å². The molecule has 0 aromatic heterocycles. The number of hydrogen-bond acceptors (Lipinski definition) is 1. The van der Waals surface area contributed by atoms with E-state index in [-0.39, 0.29) is 0 Å². The van der Waals surface area contributed by atoms with Crippen molar-refractivity contribution in [1.82, 2.24) is 0 Å². The molecule has 0 aromatic carbocycles. The van der Waals surface area contributed by atoms with Crippen molar-refractivity contribution in [2.24, 2.45) is 5.92 Å². The number of hydrogen-bond donors (Lipinski definition) is 0. The summed E-state index contributed by atoms with van der Waals surface area (Å²) in [5, 5.41) is 0. The maximum absolute atomic E-state index is 11.1. The number of Topliss-reactive ketones (excluding diaryl/α,β-unsaturated/α-hetero) is 1. The lowest BCUT2D eigenvalue weighted by molar-refractivity contribution is -0.119. The van der Waals surface area contributed by atoms with Gasteiger partial charge in [-0.25, -0.2) is 0 Å². The monoisotopic (exact) mass is 154 g/mol. The Labute approximate surface area is 69.2 Å². The Balaban J connectivity index is 1.91. The maximum Gasteiger partial charge on any atom is 0.132 e. The molecule has 0 N–H and O–H groups in total. The number of carbonyl (C=O) groups excluding carboxylic acids is 1. The average molecular weight is 154 g/mol. The van der Waals surface area contributed by atoms with Crippen LogP contribution in [0.2, 0.25) is 0 Å². The minimum Gasteiger partial charge on any atom is -0.300 e. The first-order valence-electron chi connectivity index (χ1n) is 4.84. The van der Waals surface area contributed by atoms with E-state index in [1.807, 2.05) is 0 Å². The molecule has 11 heavy (non-hydrogen) atoms. The van der Waals surface area contributed by atoms with Crippen LogP contribution in [0.5, 0.6) is 0 Å². The van der Waals surface area contributed by atoms with Gasteiger partial charge in [-0.2, -0.15) is 0 Å². The molecule has 1 nitrogen and oxygen atoms in total. The van der Waals surface area contributed by atoms with Gasteiger partial charge < -0.3 is 0 Å². The summed E-state index contributed by atoms with van der Waals surface area (Å²) in [6.07, 6.45) is 7.83. The molecule has 1 fully saturated rings. The second kappa shape index (κ2) is 4.53. The molecule has 0 amide bonds. The molecular formula is C10H18O. The first-order valence-corrected chi connectivity index (χ1v) is 4.84. The lowest BCUT2D eigenvalue weighted by atomic mass is 10.1. The Morgan fingerprint density at radius 3 is 2.64 bits per heavy atom. The summed E-state index contributed by atoms with van der Waals surface area (Å²) in [6.45, 7) is 2.13. The van der Waals surface area contributed by atoms with Crippen molar-refractivity contribution < 1.29 is 4.79 Å². The highest BCUT2D eigenvalue weighted by atomic mass is 16.1. The molecule has 0 atom stereocenters. The molecule has 1 aliphatic carbocycles. The van der Waals surface area contributed by atoms with Crippen molar-refractivity contribution in [1.29, 1.82) is 0 Å². The lowest BCUT2D eigenvalue weighted by Gasteiger charge is -1.97. The minimum atomic E-state index is 0.485. The largest absolute Gasteiger partial charge is 0.300 e. The van der Waals surface area contributed by atoms with Gasteiger partial charge in [0.2, 0.25) is 0 Å². The van der Waals surface area contributed by atoms with Gasteiger partial charge in [0.25, 0.3) is 0 Å². The van der Waals surface area contributed by atoms with Crippen LogP contribution in [0.4, 0.5) is 0 Å². The van der Waals surface area contributed by atoms with Gasteiger partial charge in [0, 0.05) is 12.8 Å². The zero-order chi connectivity index (χ0) is 8.10. The van der Waals surface area contributed by atoms with Gasteiger partial charge in [-0.15, -0.1) is 0 Å². The van der Waals surface area contributed by atoms with Gasteiger partial charge in [0.15, 0.2) is 0 Å². The van der Waals surface area contributed by atoms with E-state index in [4.69, 9.17) is 0 Å². The van der Waals surface area contributed by atoms with Gasteiger partial charge in [0.1, 0.15) is 5.78 Å². The fourth-order valence-corrected chi connectivity index (χ4v) is 1.27. The second-order valence-corrected chi connectivity index (χ2v) is 3.62. The Morgan fingerprint density at radius 2 is 2.09 bits per heavy atom. The summed E-state index contributed by atoms with van der Waals surface area (Å²) in [5.41, 5.74) is 0. The molecule has 0 heterocycles. The van der Waals surface area contributed by atoms with E-state index < -0.39 is 0 Å². The summed E-state index contributed by atoms with van der Waals surface area (Å²) < 4.78 is 0. The third kappa shape index (κ3) is 4.18. The normalized spacial score (nSPS) is 16.8. The molecule has 0 radical (unpaired) electrons. The standard InChI is InChI=1S/C10H18O/c1-2-3-4-10(11)8-7-9-5-6-9/h9H,2-8H2,1H3. The Bertz CT molecular complexity index is 125. The SMILES string of the molecule is CCCCC(=O)CCC1CC1. The third-order valence-electron chi connectivity index (χ3n) is 2.34. The molecule has 1 saturated carbocycles. The van der Waals surface area contributed by atoms with Crippen LogP contribution in [-0.4, -0.2) is 5.78 Å². The van der Waals surface area contributed by atoms with E-state index in [0.717, 1.165) is 31.6 Å². The zero-order valence-electron chi connectivity index (χ0n) is 7.44. The average Bonchev–Trinajstić information content (AvgIpc) is 2.80. The Hall–Kier alpha value is -0.330. The van der Waals surface area contributed by atoms with Crippen molar-refractivity contribution in [2.75, 3.05) is 0 Å². The van der Waals surface area contributed by atoms with Gasteiger partial charge >= 0.3 is 0 Å². The fourth-order valence-electron chi connectivity index (χ4n) is 1.27. The molecule has 0 bridgehead atoms. The summed E-state index contributed by atoms with van der Waals surface area (Å²) >= 11 is 0. The zero-order valence-corrected chi connectivity index (χ0v) is 7.44. The minimum absolute atomic E-state index is 0.485. The molecule has 1 aliphatic rings. The van der Waals surface area contributed by atoms with Crippen molar-refractivity contribution in [3.63, 3.8) is 0 Å². The second-order valence-electron chi connectivity index (χ2n) is 3.62. The molecule has 0 aromatic rings. The van der Waals surface area contributed by atoms with Gasteiger partial charge in [0.05, 0.1) is 0 Å². The van der Waals surface area contributed by atoms with Crippen molar-refractivity contribution in [3.8, 4) is 0 Å². The molecule has 0 spiro atoms. The highest BCUT2D eigenvalue weighted by Crippen LogP contribution is 2.33. The van der Waals surface area contributed by atoms with E-state index in [9.17, 15) is 4.79 Å². The smallest absolute Gasteiger partial charge is 0.132 e. The van der Waals surface area contributed by atoms with Gasteiger partial charge in [-0.05, 0) is 18.8 Å². The number of ketones is 1. The third-order valence-corrected chi connectivity index (χ3v) is 2.34. The molecule has 64 valence electrons. The summed E-state index contributed by atoms with van der Waals surface area (Å²) in [6, 6.07) is 0. The topological polar surface area (TPSA) is 17.1 Å². The van der Waals surface area contributed by atoms with Crippen LogP contribution in [0, 0.1) is 5.92 Å². The predicted octanol–water partition coefficient (Wildman–Crippen LogP) is 2.94. The van der Waals surface area contributed by atoms with Crippen molar-refractivity contribution in [2.45, 2.75) is 51.9 Å². The van der Waals surface area contributed by atoms with Crippen LogP contribution < -0.4 is 0 Å². The lowest BCUT2D eigenvalue weighted by Crippen LogP contribution is -1.97. The molecule has 1 rings (SSSR count). The number of carbonyl (C=O) groups is 1. The summed E-state index contributed by atoms with van der Waals surface area (Å²) in [5.74, 6) is 1.40. The first kappa shape index (κ1) is 8.76. The van der Waals surface area contributed by atoms with Crippen LogP contribution >= 0.6 is 0 Å². The molecule has 1 heteroatoms. The molecule has 0 saturated heterocycles. The van der Waals surface area contributed by atoms with E-state index in [1.165, 1.54) is 19.3 Å². The van der Waals surface area contributed by atoms with Crippen LogP contribution in [0.1, 0.15) is 51.9 Å².